The monoisotopic (exact) mass is 729 g/mol. The minimum atomic E-state index is -1.50. The molecule has 9 heteroatoms. The lowest BCUT2D eigenvalue weighted by Crippen LogP contribution is -2.40. The molecule has 0 aliphatic carbocycles. The molecule has 0 saturated carbocycles. The molecule has 302 valence electrons. The van der Waals surface area contributed by atoms with Crippen LogP contribution in [-0.4, -0.2) is 87.4 Å². The van der Waals surface area contributed by atoms with E-state index in [0.717, 1.165) is 38.5 Å². The largest absolute Gasteiger partial charge is 0.477 e. The number of carbonyl (C=O) groups excluding carboxylic acids is 2. The van der Waals surface area contributed by atoms with Crippen LogP contribution in [0.4, 0.5) is 0 Å². The molecule has 0 saturated heterocycles. The van der Waals surface area contributed by atoms with Crippen molar-refractivity contribution in [3.8, 4) is 0 Å². The summed E-state index contributed by atoms with van der Waals surface area (Å²) in [5, 5.41) is 9.57. The SMILES string of the molecule is CCCCCCCCCCCCCCCCCCCCCCC(=O)OC(COC(=O)CCCCCCCC)COC(OCC[N+](C)(C)C)C(=O)O. The topological polar surface area (TPSA) is 108 Å². The van der Waals surface area contributed by atoms with Crippen molar-refractivity contribution in [2.75, 3.05) is 47.5 Å². The molecule has 0 heterocycles. The number of ether oxygens (including phenoxy) is 4. The molecule has 1 N–H and O–H groups in total. The lowest BCUT2D eigenvalue weighted by Gasteiger charge is -2.25. The van der Waals surface area contributed by atoms with E-state index in [2.05, 4.69) is 13.8 Å². The second-order valence-electron chi connectivity index (χ2n) is 15.7. The van der Waals surface area contributed by atoms with Gasteiger partial charge in [0, 0.05) is 12.8 Å². The summed E-state index contributed by atoms with van der Waals surface area (Å²) in [7, 11) is 5.95. The number of hydrogen-bond acceptors (Lipinski definition) is 7. The lowest BCUT2D eigenvalue weighted by atomic mass is 10.0. The zero-order valence-corrected chi connectivity index (χ0v) is 34.0. The van der Waals surface area contributed by atoms with Crippen LogP contribution in [0.25, 0.3) is 0 Å². The third-order valence-electron chi connectivity index (χ3n) is 9.36. The van der Waals surface area contributed by atoms with E-state index in [1.807, 2.05) is 21.1 Å². The van der Waals surface area contributed by atoms with Gasteiger partial charge in [-0.3, -0.25) is 9.59 Å². The normalized spacial score (nSPS) is 12.9. The molecule has 51 heavy (non-hydrogen) atoms. The Kier molecular flexibility index (Phi) is 34.1. The van der Waals surface area contributed by atoms with Crippen molar-refractivity contribution in [1.82, 2.24) is 0 Å². The maximum Gasteiger partial charge on any atom is 0.361 e. The number of esters is 2. The van der Waals surface area contributed by atoms with Gasteiger partial charge in [0.05, 0.1) is 34.4 Å². The number of aliphatic carboxylic acids is 1. The van der Waals surface area contributed by atoms with Gasteiger partial charge in [-0.15, -0.1) is 0 Å². The van der Waals surface area contributed by atoms with Gasteiger partial charge in [-0.2, -0.15) is 0 Å². The predicted molar refractivity (Wildman–Crippen MR) is 208 cm³/mol. The van der Waals surface area contributed by atoms with Crippen molar-refractivity contribution in [2.24, 2.45) is 0 Å². The molecule has 0 aliphatic rings. The Morgan fingerprint density at radius 2 is 0.882 bits per heavy atom. The number of nitrogens with zero attached hydrogens (tertiary/aromatic N) is 1. The van der Waals surface area contributed by atoms with Crippen LogP contribution in [0.3, 0.4) is 0 Å². The number of likely N-dealkylation sites (N-methyl/N-ethyl adjacent to an activating group) is 1. The average molecular weight is 729 g/mol. The van der Waals surface area contributed by atoms with Crippen molar-refractivity contribution < 1.29 is 42.9 Å². The average Bonchev–Trinajstić information content (AvgIpc) is 3.08. The molecule has 2 unspecified atom stereocenters. The summed E-state index contributed by atoms with van der Waals surface area (Å²) < 4.78 is 22.6. The van der Waals surface area contributed by atoms with Crippen LogP contribution in [0.15, 0.2) is 0 Å². The summed E-state index contributed by atoms with van der Waals surface area (Å²) in [5.74, 6) is -2.00. The number of carboxylic acids is 1. The Morgan fingerprint density at radius 3 is 1.25 bits per heavy atom. The number of carbonyl (C=O) groups is 3. The van der Waals surface area contributed by atoms with E-state index in [9.17, 15) is 19.5 Å². The molecule has 0 amide bonds. The molecule has 0 bridgehead atoms. The van der Waals surface area contributed by atoms with Gasteiger partial charge in [-0.25, -0.2) is 4.79 Å². The van der Waals surface area contributed by atoms with Gasteiger partial charge in [0.25, 0.3) is 6.29 Å². The molecule has 0 fully saturated rings. The Balaban J connectivity index is 4.24. The smallest absolute Gasteiger partial charge is 0.361 e. The molecule has 2 atom stereocenters. The van der Waals surface area contributed by atoms with Gasteiger partial charge < -0.3 is 28.5 Å². The van der Waals surface area contributed by atoms with E-state index in [-0.39, 0.29) is 32.2 Å². The molecular formula is C42H82NO8+. The Bertz CT molecular complexity index is 815. The van der Waals surface area contributed by atoms with E-state index < -0.39 is 24.3 Å². The lowest BCUT2D eigenvalue weighted by molar-refractivity contribution is -0.870. The van der Waals surface area contributed by atoms with E-state index in [1.165, 1.54) is 128 Å². The molecule has 0 aromatic carbocycles. The Morgan fingerprint density at radius 1 is 0.510 bits per heavy atom. The van der Waals surface area contributed by atoms with Crippen LogP contribution in [0.2, 0.25) is 0 Å². The van der Waals surface area contributed by atoms with Gasteiger partial charge >= 0.3 is 17.9 Å². The van der Waals surface area contributed by atoms with Gasteiger partial charge in [0.15, 0.2) is 6.10 Å². The maximum absolute atomic E-state index is 12.7. The third kappa shape index (κ3) is 36.4. The Labute approximate surface area is 313 Å². The van der Waals surface area contributed by atoms with E-state index >= 15 is 0 Å². The third-order valence-corrected chi connectivity index (χ3v) is 9.36. The quantitative estimate of drug-likeness (QED) is 0.0288. The van der Waals surface area contributed by atoms with Crippen LogP contribution in [-0.2, 0) is 33.3 Å². The zero-order valence-electron chi connectivity index (χ0n) is 34.0. The van der Waals surface area contributed by atoms with Crippen LogP contribution in [0.1, 0.15) is 194 Å². The summed E-state index contributed by atoms with van der Waals surface area (Å²) in [4.78, 5) is 36.8. The molecule has 9 nitrogen and oxygen atoms in total. The molecule has 0 aromatic rings. The highest BCUT2D eigenvalue weighted by molar-refractivity contribution is 5.71. The molecule has 0 spiro atoms. The molecular weight excluding hydrogens is 646 g/mol. The van der Waals surface area contributed by atoms with Crippen molar-refractivity contribution in [3.63, 3.8) is 0 Å². The zero-order chi connectivity index (χ0) is 37.8. The standard InChI is InChI=1S/C42H81NO8/c1-6-8-10-12-14-15-16-17-18-19-20-21-22-23-24-25-26-27-29-31-33-40(45)51-38(36-49-39(44)32-30-28-13-11-9-7-2)37-50-42(41(46)47)48-35-34-43(3,4)5/h38,42H,6-37H2,1-5H3/p+1. The van der Waals surface area contributed by atoms with E-state index in [1.54, 1.807) is 0 Å². The first-order chi connectivity index (χ1) is 24.6. The first-order valence-corrected chi connectivity index (χ1v) is 21.2. The minimum absolute atomic E-state index is 0.176. The summed E-state index contributed by atoms with van der Waals surface area (Å²) >= 11 is 0. The highest BCUT2D eigenvalue weighted by Crippen LogP contribution is 2.16. The highest BCUT2D eigenvalue weighted by atomic mass is 16.7. The fraction of sp³-hybridized carbons (Fsp3) is 0.929. The summed E-state index contributed by atoms with van der Waals surface area (Å²) in [5.41, 5.74) is 0. The van der Waals surface area contributed by atoms with Crippen LogP contribution in [0.5, 0.6) is 0 Å². The minimum Gasteiger partial charge on any atom is -0.477 e. The number of quaternary nitrogens is 1. The summed E-state index contributed by atoms with van der Waals surface area (Å²) in [6.45, 7) is 4.82. The van der Waals surface area contributed by atoms with E-state index in [4.69, 9.17) is 18.9 Å². The van der Waals surface area contributed by atoms with Crippen molar-refractivity contribution in [1.29, 1.82) is 0 Å². The van der Waals surface area contributed by atoms with Crippen molar-refractivity contribution in [2.45, 2.75) is 206 Å². The number of rotatable bonds is 39. The van der Waals surface area contributed by atoms with Gasteiger partial charge in [-0.05, 0) is 12.8 Å². The fourth-order valence-electron chi connectivity index (χ4n) is 6.01. The summed E-state index contributed by atoms with van der Waals surface area (Å²) in [6, 6.07) is 0. The van der Waals surface area contributed by atoms with E-state index in [0.29, 0.717) is 17.4 Å². The molecule has 0 aromatic heterocycles. The van der Waals surface area contributed by atoms with Gasteiger partial charge in [0.1, 0.15) is 13.2 Å². The number of hydrogen-bond donors (Lipinski definition) is 1. The first-order valence-electron chi connectivity index (χ1n) is 21.2. The van der Waals surface area contributed by atoms with Crippen LogP contribution < -0.4 is 0 Å². The predicted octanol–water partition coefficient (Wildman–Crippen LogP) is 10.6. The molecule has 0 rings (SSSR count). The highest BCUT2D eigenvalue weighted by Gasteiger charge is 2.25. The van der Waals surface area contributed by atoms with Crippen molar-refractivity contribution in [3.05, 3.63) is 0 Å². The fourth-order valence-corrected chi connectivity index (χ4v) is 6.01. The maximum atomic E-state index is 12.7. The molecule has 0 aliphatic heterocycles. The molecule has 0 radical (unpaired) electrons. The van der Waals surface area contributed by atoms with Gasteiger partial charge in [0.2, 0.25) is 0 Å². The second-order valence-corrected chi connectivity index (χ2v) is 15.7. The first kappa shape index (κ1) is 49.3. The van der Waals surface area contributed by atoms with Crippen LogP contribution >= 0.6 is 0 Å². The second kappa shape index (κ2) is 35.3. The number of unbranched alkanes of at least 4 members (excludes halogenated alkanes) is 24. The number of carboxylic acid groups (broad SMARTS) is 1. The summed E-state index contributed by atoms with van der Waals surface area (Å²) in [6.07, 6.45) is 30.5. The van der Waals surface area contributed by atoms with Crippen molar-refractivity contribution >= 4 is 17.9 Å². The Hall–Kier alpha value is -1.71. The van der Waals surface area contributed by atoms with Gasteiger partial charge in [-0.1, -0.05) is 168 Å². The van der Waals surface area contributed by atoms with Crippen LogP contribution in [0, 0.1) is 0 Å².